The zero-order valence-corrected chi connectivity index (χ0v) is 29.5. The molecule has 3 N–H and O–H groups in total. The number of carboxylic acid groups (broad SMARTS) is 1. The maximum absolute atomic E-state index is 12.1. The van der Waals surface area contributed by atoms with Gasteiger partial charge in [0.2, 0.25) is 6.43 Å². The first-order chi connectivity index (χ1) is 22.8. The average molecular weight is 709 g/mol. The van der Waals surface area contributed by atoms with Crippen LogP contribution in [-0.4, -0.2) is 48.7 Å². The summed E-state index contributed by atoms with van der Waals surface area (Å²) in [5.41, 5.74) is 6.09. The number of thiazole rings is 1. The molecule has 0 amide bonds. The van der Waals surface area contributed by atoms with E-state index in [0.29, 0.717) is 22.4 Å². The molecule has 47 heavy (non-hydrogen) atoms. The molecular formula is C34H47ClF2N6O2S2. The number of nitrogens with zero attached hydrogens (tertiary/aromatic N) is 4. The highest BCUT2D eigenvalue weighted by Crippen LogP contribution is 2.24. The quantitative estimate of drug-likeness (QED) is 0.0584. The van der Waals surface area contributed by atoms with Gasteiger partial charge < -0.3 is 15.5 Å². The van der Waals surface area contributed by atoms with Crippen LogP contribution in [0.25, 0.3) is 21.7 Å². The largest absolute Gasteiger partial charge is 0.478 e. The molecule has 0 radical (unpaired) electrons. The third kappa shape index (κ3) is 14.0. The number of unbranched alkanes of at least 4 members (excludes halogenated alkanes) is 12. The predicted molar refractivity (Wildman–Crippen MR) is 191 cm³/mol. The molecule has 0 aliphatic rings. The number of carboxylic acids is 1. The first kappa shape index (κ1) is 38.5. The van der Waals surface area contributed by atoms with Crippen LogP contribution in [0.1, 0.15) is 119 Å². The minimum Gasteiger partial charge on any atom is -0.478 e. The molecule has 258 valence electrons. The van der Waals surface area contributed by atoms with Crippen LogP contribution < -0.4 is 5.43 Å². The molecule has 4 aromatic rings. The Morgan fingerprint density at radius 3 is 2.36 bits per heavy atom. The number of H-pyrrole nitrogens is 1. The minimum absolute atomic E-state index is 0.0404. The molecule has 4 rings (SSSR count). The third-order valence-electron chi connectivity index (χ3n) is 7.83. The molecule has 0 unspecified atom stereocenters. The molecule has 0 saturated heterocycles. The van der Waals surface area contributed by atoms with Crippen LogP contribution in [0.3, 0.4) is 0 Å². The van der Waals surface area contributed by atoms with E-state index in [-0.39, 0.29) is 16.6 Å². The molecule has 4 heterocycles. The van der Waals surface area contributed by atoms with E-state index in [1.165, 1.54) is 98.2 Å². The fraction of sp³-hybridized carbons (Fsp3) is 0.559. The van der Waals surface area contributed by atoms with Gasteiger partial charge in [0.1, 0.15) is 15.4 Å². The Bertz CT molecular complexity index is 1540. The number of aromatic nitrogens is 5. The van der Waals surface area contributed by atoms with E-state index in [2.05, 4.69) is 49.2 Å². The van der Waals surface area contributed by atoms with Gasteiger partial charge in [-0.1, -0.05) is 101 Å². The molecule has 0 atom stereocenters. The van der Waals surface area contributed by atoms with Crippen molar-refractivity contribution in [1.82, 2.24) is 24.6 Å². The topological polar surface area (TPSA) is 109 Å². The van der Waals surface area contributed by atoms with Crippen LogP contribution >= 0.6 is 35.2 Å². The van der Waals surface area contributed by atoms with Gasteiger partial charge in [-0.3, -0.25) is 9.66 Å². The maximum atomic E-state index is 12.1. The zero-order chi connectivity index (χ0) is 33.9. The SMILES string of the molecule is CCCCCCCCCNn1cc(CCCCCCCCCC(F)F)c2ccncc21.O=C(O)c1cnc(-c2nc(Cl)cs2)[nH]c1=S. The fourth-order valence-corrected chi connectivity index (χ4v) is 6.41. The molecule has 0 aromatic carbocycles. The molecule has 8 nitrogen and oxygen atoms in total. The number of halogens is 3. The number of aryl methyl sites for hydroxylation is 1. The number of aromatic amines is 1. The van der Waals surface area contributed by atoms with Crippen LogP contribution in [0.15, 0.2) is 36.2 Å². The van der Waals surface area contributed by atoms with Crippen molar-refractivity contribution < 1.29 is 18.7 Å². The van der Waals surface area contributed by atoms with Crippen LogP contribution in [0.4, 0.5) is 8.78 Å². The van der Waals surface area contributed by atoms with Gasteiger partial charge in [0, 0.05) is 42.3 Å². The number of carbonyl (C=O) groups is 1. The Labute approximate surface area is 290 Å². The van der Waals surface area contributed by atoms with Crippen molar-refractivity contribution in [3.63, 3.8) is 0 Å². The average Bonchev–Trinajstić information content (AvgIpc) is 3.65. The predicted octanol–water partition coefficient (Wildman–Crippen LogP) is 10.9. The smallest absolute Gasteiger partial charge is 0.340 e. The molecule has 0 spiro atoms. The second-order valence-corrected chi connectivity index (χ2v) is 13.3. The molecule has 4 aromatic heterocycles. The lowest BCUT2D eigenvalue weighted by Crippen LogP contribution is -2.14. The first-order valence-corrected chi connectivity index (χ1v) is 18.4. The van der Waals surface area contributed by atoms with Crippen molar-refractivity contribution in [2.45, 2.75) is 116 Å². The van der Waals surface area contributed by atoms with Gasteiger partial charge in [0.05, 0.1) is 11.7 Å². The minimum atomic E-state index is -2.14. The summed E-state index contributed by atoms with van der Waals surface area (Å²) in [6.07, 6.45) is 23.0. The second kappa shape index (κ2) is 21.8. The number of rotatable bonds is 21. The van der Waals surface area contributed by atoms with Crippen LogP contribution in [0.5, 0.6) is 0 Å². The van der Waals surface area contributed by atoms with Crippen molar-refractivity contribution in [2.24, 2.45) is 0 Å². The Morgan fingerprint density at radius 1 is 1.04 bits per heavy atom. The molecule has 0 aliphatic heterocycles. The summed E-state index contributed by atoms with van der Waals surface area (Å²) in [4.78, 5) is 25.7. The van der Waals surface area contributed by atoms with Gasteiger partial charge in [0.25, 0.3) is 0 Å². The lowest BCUT2D eigenvalue weighted by atomic mass is 10.0. The Kier molecular flexibility index (Phi) is 17.9. The molecular weight excluding hydrogens is 662 g/mol. The normalized spacial score (nSPS) is 11.2. The number of alkyl halides is 2. The lowest BCUT2D eigenvalue weighted by Gasteiger charge is -2.09. The summed E-state index contributed by atoms with van der Waals surface area (Å²) >= 11 is 11.9. The zero-order valence-electron chi connectivity index (χ0n) is 27.2. The lowest BCUT2D eigenvalue weighted by molar-refractivity contribution is 0.0695. The highest BCUT2D eigenvalue weighted by Gasteiger charge is 2.11. The summed E-state index contributed by atoms with van der Waals surface area (Å²) in [5, 5.41) is 12.7. The summed E-state index contributed by atoms with van der Waals surface area (Å²) in [7, 11) is 0. The number of fused-ring (bicyclic) bond motifs is 1. The Morgan fingerprint density at radius 2 is 1.72 bits per heavy atom. The number of aromatic carboxylic acids is 1. The van der Waals surface area contributed by atoms with Gasteiger partial charge in [-0.15, -0.1) is 11.3 Å². The van der Waals surface area contributed by atoms with E-state index in [1.54, 1.807) is 5.38 Å². The molecule has 13 heteroatoms. The Balaban J connectivity index is 0.000000312. The van der Waals surface area contributed by atoms with Crippen molar-refractivity contribution >= 4 is 52.0 Å². The van der Waals surface area contributed by atoms with Crippen molar-refractivity contribution in [3.8, 4) is 10.8 Å². The van der Waals surface area contributed by atoms with E-state index >= 15 is 0 Å². The fourth-order valence-electron chi connectivity index (χ4n) is 5.27. The summed E-state index contributed by atoms with van der Waals surface area (Å²) in [5.74, 6) is -0.704. The van der Waals surface area contributed by atoms with E-state index in [1.807, 2.05) is 12.4 Å². The number of nitrogens with one attached hydrogen (secondary N) is 2. The molecule has 0 bridgehead atoms. The van der Waals surface area contributed by atoms with Crippen molar-refractivity contribution in [1.29, 1.82) is 0 Å². The van der Waals surface area contributed by atoms with Gasteiger partial charge in [-0.25, -0.2) is 23.5 Å². The Hall–Kier alpha value is -2.96. The van der Waals surface area contributed by atoms with Gasteiger partial charge in [-0.2, -0.15) is 0 Å². The number of hydrogen-bond donors (Lipinski definition) is 3. The molecule has 0 fully saturated rings. The summed E-state index contributed by atoms with van der Waals surface area (Å²) in [6, 6.07) is 2.12. The molecule has 0 saturated carbocycles. The summed E-state index contributed by atoms with van der Waals surface area (Å²) in [6.45, 7) is 3.26. The van der Waals surface area contributed by atoms with E-state index in [4.69, 9.17) is 28.9 Å². The van der Waals surface area contributed by atoms with Crippen LogP contribution in [-0.2, 0) is 6.42 Å². The van der Waals surface area contributed by atoms with Crippen LogP contribution in [0.2, 0.25) is 5.15 Å². The maximum Gasteiger partial charge on any atom is 0.340 e. The van der Waals surface area contributed by atoms with E-state index < -0.39 is 12.4 Å². The van der Waals surface area contributed by atoms with E-state index in [9.17, 15) is 13.6 Å². The monoisotopic (exact) mass is 708 g/mol. The highest BCUT2D eigenvalue weighted by molar-refractivity contribution is 7.71. The second-order valence-electron chi connectivity index (χ2n) is 11.6. The van der Waals surface area contributed by atoms with Crippen molar-refractivity contribution in [2.75, 3.05) is 12.0 Å². The highest BCUT2D eigenvalue weighted by atomic mass is 35.5. The third-order valence-corrected chi connectivity index (χ3v) is 9.32. The standard InChI is InChI=1S/C26H43F2N3.C8H4ClN3O2S2/c1-2-3-4-5-9-12-15-19-30-31-22-23(24-18-20-29-21-25(24)31)16-13-10-7-6-8-11-14-17-26(27)28;9-4-2-16-7(11-4)5-10-1-3(8(13)14)6(15)12-5/h18,20-22,26,30H,2-17,19H2,1H3;1-2H,(H,13,14)(H,10,12,15). The number of hydrogen-bond acceptors (Lipinski definition) is 7. The summed E-state index contributed by atoms with van der Waals surface area (Å²) < 4.78 is 26.5. The first-order valence-electron chi connectivity index (χ1n) is 16.7. The molecule has 0 aliphatic carbocycles. The van der Waals surface area contributed by atoms with Gasteiger partial charge >= 0.3 is 5.97 Å². The van der Waals surface area contributed by atoms with E-state index in [0.717, 1.165) is 32.2 Å². The van der Waals surface area contributed by atoms with Crippen molar-refractivity contribution in [3.05, 3.63) is 57.2 Å². The van der Waals surface area contributed by atoms with Gasteiger partial charge in [0.15, 0.2) is 10.8 Å². The van der Waals surface area contributed by atoms with Crippen LogP contribution in [0, 0.1) is 4.64 Å². The number of pyridine rings is 1. The van der Waals surface area contributed by atoms with Gasteiger partial charge in [-0.05, 0) is 37.3 Å².